The molecule has 1 aliphatic carbocycles. The Morgan fingerprint density at radius 3 is 2.42 bits per heavy atom. The van der Waals surface area contributed by atoms with Crippen LogP contribution >= 0.6 is 0 Å². The van der Waals surface area contributed by atoms with Crippen LogP contribution < -0.4 is 16.2 Å². The zero-order valence-electron chi connectivity index (χ0n) is 14.7. The average molecular weight is 373 g/mol. The predicted octanol–water partition coefficient (Wildman–Crippen LogP) is 2.48. The Kier molecular flexibility index (Phi) is 5.02. The van der Waals surface area contributed by atoms with E-state index in [0.29, 0.717) is 5.69 Å². The predicted molar refractivity (Wildman–Crippen MR) is 101 cm³/mol. The Balaban J connectivity index is 1.89. The van der Waals surface area contributed by atoms with Gasteiger partial charge in [-0.15, -0.1) is 0 Å². The molecule has 0 radical (unpaired) electrons. The Bertz CT molecular complexity index is 954. The first-order valence-electron chi connectivity index (χ1n) is 8.60. The van der Waals surface area contributed by atoms with Gasteiger partial charge in [0, 0.05) is 11.7 Å². The Morgan fingerprint density at radius 1 is 1.08 bits per heavy atom. The number of rotatable bonds is 5. The highest BCUT2D eigenvalue weighted by molar-refractivity contribution is 7.89. The van der Waals surface area contributed by atoms with Gasteiger partial charge in [-0.1, -0.05) is 18.2 Å². The molecule has 0 bridgehead atoms. The number of anilines is 1. The standard InChI is InChI=1S/C19H23N3O3S/c1-12(14-7-6-13-4-2-3-5-15(13)10-14)22-18-9-8-16(26(21,24)25)11-17(18)19(20)23/h6-12,22H,2-5H2,1H3,(H2,20,23)(H2,21,24,25)/t12-/m1/s1. The smallest absolute Gasteiger partial charge is 0.250 e. The maximum absolute atomic E-state index is 11.8. The van der Waals surface area contributed by atoms with Crippen LogP contribution in [0.5, 0.6) is 0 Å². The minimum atomic E-state index is -3.90. The fourth-order valence-corrected chi connectivity index (χ4v) is 3.91. The summed E-state index contributed by atoms with van der Waals surface area (Å²) >= 11 is 0. The van der Waals surface area contributed by atoms with Gasteiger partial charge in [-0.3, -0.25) is 4.79 Å². The molecule has 7 heteroatoms. The van der Waals surface area contributed by atoms with Crippen molar-refractivity contribution in [3.63, 3.8) is 0 Å². The van der Waals surface area contributed by atoms with Gasteiger partial charge < -0.3 is 11.1 Å². The van der Waals surface area contributed by atoms with E-state index < -0.39 is 15.9 Å². The summed E-state index contributed by atoms with van der Waals surface area (Å²) in [5, 5.41) is 8.39. The summed E-state index contributed by atoms with van der Waals surface area (Å²) in [4.78, 5) is 11.6. The third-order valence-corrected chi connectivity index (χ3v) is 5.74. The number of aryl methyl sites for hydroxylation is 2. The van der Waals surface area contributed by atoms with Crippen molar-refractivity contribution in [2.24, 2.45) is 10.9 Å². The minimum Gasteiger partial charge on any atom is -0.378 e. The Hall–Kier alpha value is -2.38. The molecule has 1 aliphatic rings. The van der Waals surface area contributed by atoms with Crippen LogP contribution in [0, 0.1) is 0 Å². The van der Waals surface area contributed by atoms with Crippen molar-refractivity contribution in [3.8, 4) is 0 Å². The number of fused-ring (bicyclic) bond motifs is 1. The number of carbonyl (C=O) groups excluding carboxylic acids is 1. The van der Waals surface area contributed by atoms with Crippen molar-refractivity contribution in [2.75, 3.05) is 5.32 Å². The molecule has 0 unspecified atom stereocenters. The summed E-state index contributed by atoms with van der Waals surface area (Å²) < 4.78 is 23.0. The normalized spacial score (nSPS) is 15.2. The molecule has 0 saturated heterocycles. The van der Waals surface area contributed by atoms with Crippen LogP contribution in [0.2, 0.25) is 0 Å². The Labute approximate surface area is 153 Å². The third kappa shape index (κ3) is 3.89. The molecular formula is C19H23N3O3S. The topological polar surface area (TPSA) is 115 Å². The molecule has 6 nitrogen and oxygen atoms in total. The lowest BCUT2D eigenvalue weighted by Crippen LogP contribution is -2.19. The maximum atomic E-state index is 11.8. The SMILES string of the molecule is C[C@@H](Nc1ccc(S(N)(=O)=O)cc1C(N)=O)c1ccc2c(c1)CCCC2. The molecule has 26 heavy (non-hydrogen) atoms. The van der Waals surface area contributed by atoms with Crippen LogP contribution in [0.15, 0.2) is 41.3 Å². The van der Waals surface area contributed by atoms with E-state index in [0.717, 1.165) is 18.4 Å². The van der Waals surface area contributed by atoms with Crippen LogP contribution in [-0.4, -0.2) is 14.3 Å². The molecule has 2 aromatic carbocycles. The summed E-state index contributed by atoms with van der Waals surface area (Å²) in [5.41, 5.74) is 9.89. The lowest BCUT2D eigenvalue weighted by Gasteiger charge is -2.21. The number of benzene rings is 2. The third-order valence-electron chi connectivity index (χ3n) is 4.83. The molecule has 2 aromatic rings. The summed E-state index contributed by atoms with van der Waals surface area (Å²) in [7, 11) is -3.90. The minimum absolute atomic E-state index is 0.0688. The number of sulfonamides is 1. The molecule has 5 N–H and O–H groups in total. The second-order valence-corrected chi connectivity index (χ2v) is 8.28. The molecule has 1 atom stereocenters. The van der Waals surface area contributed by atoms with E-state index in [1.165, 1.54) is 42.2 Å². The highest BCUT2D eigenvalue weighted by Gasteiger charge is 2.17. The van der Waals surface area contributed by atoms with Gasteiger partial charge in [-0.05, 0) is 67.5 Å². The van der Waals surface area contributed by atoms with Crippen LogP contribution in [-0.2, 0) is 22.9 Å². The number of hydrogen-bond donors (Lipinski definition) is 3. The van der Waals surface area contributed by atoms with Crippen LogP contribution in [0.3, 0.4) is 0 Å². The Morgan fingerprint density at radius 2 is 1.77 bits per heavy atom. The fraction of sp³-hybridized carbons (Fsp3) is 0.316. The molecule has 0 aromatic heterocycles. The monoisotopic (exact) mass is 373 g/mol. The number of nitrogens with one attached hydrogen (secondary N) is 1. The fourth-order valence-electron chi connectivity index (χ4n) is 3.37. The molecule has 138 valence electrons. The van der Waals surface area contributed by atoms with Gasteiger partial charge in [0.25, 0.3) is 5.91 Å². The van der Waals surface area contributed by atoms with E-state index in [-0.39, 0.29) is 16.5 Å². The van der Waals surface area contributed by atoms with Gasteiger partial charge in [-0.25, -0.2) is 13.6 Å². The molecule has 1 amide bonds. The first-order chi connectivity index (χ1) is 12.3. The lowest BCUT2D eigenvalue weighted by molar-refractivity contribution is 0.100. The number of hydrogen-bond acceptors (Lipinski definition) is 4. The molecular weight excluding hydrogens is 350 g/mol. The van der Waals surface area contributed by atoms with Gasteiger partial charge in [0.1, 0.15) is 0 Å². The number of nitrogens with two attached hydrogens (primary N) is 2. The summed E-state index contributed by atoms with van der Waals surface area (Å²) in [6.07, 6.45) is 4.65. The van der Waals surface area contributed by atoms with Crippen molar-refractivity contribution in [2.45, 2.75) is 43.5 Å². The molecule has 0 fully saturated rings. The number of primary sulfonamides is 1. The summed E-state index contributed by atoms with van der Waals surface area (Å²) in [6, 6.07) is 10.5. The molecule has 3 rings (SSSR count). The first kappa shape index (κ1) is 18.4. The van der Waals surface area contributed by atoms with E-state index >= 15 is 0 Å². The van der Waals surface area contributed by atoms with E-state index in [2.05, 4.69) is 23.5 Å². The van der Waals surface area contributed by atoms with E-state index in [1.54, 1.807) is 0 Å². The number of primary amides is 1. The van der Waals surface area contributed by atoms with Crippen LogP contribution in [0.4, 0.5) is 5.69 Å². The van der Waals surface area contributed by atoms with Gasteiger partial charge >= 0.3 is 0 Å². The van der Waals surface area contributed by atoms with Crippen molar-refractivity contribution in [3.05, 3.63) is 58.7 Å². The number of carbonyl (C=O) groups is 1. The van der Waals surface area contributed by atoms with E-state index in [4.69, 9.17) is 10.9 Å². The van der Waals surface area contributed by atoms with Crippen LogP contribution in [0.1, 0.15) is 52.9 Å². The molecule has 0 saturated carbocycles. The van der Waals surface area contributed by atoms with Crippen molar-refractivity contribution >= 4 is 21.6 Å². The quantitative estimate of drug-likeness (QED) is 0.746. The molecule has 0 heterocycles. The van der Waals surface area contributed by atoms with Gasteiger partial charge in [-0.2, -0.15) is 0 Å². The van der Waals surface area contributed by atoms with Gasteiger partial charge in [0.05, 0.1) is 10.5 Å². The van der Waals surface area contributed by atoms with Gasteiger partial charge in [0.2, 0.25) is 10.0 Å². The van der Waals surface area contributed by atoms with E-state index in [9.17, 15) is 13.2 Å². The second-order valence-electron chi connectivity index (χ2n) is 6.72. The maximum Gasteiger partial charge on any atom is 0.250 e. The van der Waals surface area contributed by atoms with Crippen molar-refractivity contribution in [1.29, 1.82) is 0 Å². The highest BCUT2D eigenvalue weighted by Crippen LogP contribution is 2.28. The lowest BCUT2D eigenvalue weighted by atomic mass is 9.89. The molecule has 0 spiro atoms. The highest BCUT2D eigenvalue weighted by atomic mass is 32.2. The van der Waals surface area contributed by atoms with Crippen molar-refractivity contribution in [1.82, 2.24) is 0 Å². The summed E-state index contributed by atoms with van der Waals surface area (Å²) in [5.74, 6) is -0.712. The average Bonchev–Trinajstić information content (AvgIpc) is 2.60. The zero-order valence-corrected chi connectivity index (χ0v) is 15.5. The number of amides is 1. The first-order valence-corrected chi connectivity index (χ1v) is 10.2. The van der Waals surface area contributed by atoms with E-state index in [1.807, 2.05) is 6.92 Å². The van der Waals surface area contributed by atoms with Crippen molar-refractivity contribution < 1.29 is 13.2 Å². The largest absolute Gasteiger partial charge is 0.378 e. The molecule has 0 aliphatic heterocycles. The van der Waals surface area contributed by atoms with Gasteiger partial charge in [0.15, 0.2) is 0 Å². The summed E-state index contributed by atoms with van der Waals surface area (Å²) in [6.45, 7) is 1.99. The zero-order chi connectivity index (χ0) is 18.9. The second kappa shape index (κ2) is 7.09. The van der Waals surface area contributed by atoms with Crippen LogP contribution in [0.25, 0.3) is 0 Å².